The Hall–Kier alpha value is -11.7. The minimum absolute atomic E-state index is 0.0152. The number of aromatic nitrogens is 6. The average molecular weight is 1630 g/mol. The second-order valence-electron chi connectivity index (χ2n) is 27.6. The topological polar surface area (TPSA) is 378 Å². The number of urea groups is 2. The lowest BCUT2D eigenvalue weighted by molar-refractivity contribution is -0.137. The lowest BCUT2D eigenvalue weighted by atomic mass is 10.1. The highest BCUT2D eigenvalue weighted by atomic mass is 35.5. The first kappa shape index (κ1) is 84.7. The van der Waals surface area contributed by atoms with Crippen LogP contribution in [0.3, 0.4) is 0 Å². The summed E-state index contributed by atoms with van der Waals surface area (Å²) >= 11 is 25.3. The molecule has 2 aliphatic carbocycles. The number of amides is 7. The quantitative estimate of drug-likeness (QED) is 0.0195. The number of hydrogen-bond acceptors (Lipinski definition) is 18. The summed E-state index contributed by atoms with van der Waals surface area (Å²) in [6, 6.07) is 45.0. The first-order chi connectivity index (χ1) is 54.9. The van der Waals surface area contributed by atoms with Crippen LogP contribution in [0.2, 0.25) is 20.5 Å². The smallest absolute Gasteiger partial charge is 0.323 e. The van der Waals surface area contributed by atoms with Crippen molar-refractivity contribution in [2.75, 3.05) is 83.4 Å². The van der Waals surface area contributed by atoms with Crippen LogP contribution < -0.4 is 56.7 Å². The Bertz CT molecular complexity index is 4850. The molecule has 2 saturated carbocycles. The van der Waals surface area contributed by atoms with Crippen LogP contribution >= 0.6 is 46.4 Å². The van der Waals surface area contributed by atoms with Gasteiger partial charge in [0.25, 0.3) is 5.91 Å². The first-order valence-corrected chi connectivity index (χ1v) is 38.6. The summed E-state index contributed by atoms with van der Waals surface area (Å²) in [6.45, 7) is 2.07. The molecule has 32 heteroatoms. The SMILES string of the molecule is CN(CC(=O)NC1CCCC1)c1nc(Cc2ccc(NC(=O)NCc3ccccc3)cc2)nc(Cl)c1CC(=O)O.CN(CC(=O)NC1CCCC1)c1nc(Cc2ccc(NC(=O)Nc3ccccc3)cc2)nc(Cl)c1CC(=O)O.COc1ccc(C(=O)Nc2ccc(Cc3nc(Cl)c(CC(=O)O)c(N4CCCC4)n3)cc2)cc1Cl. The van der Waals surface area contributed by atoms with Gasteiger partial charge in [-0.25, -0.2) is 39.5 Å². The van der Waals surface area contributed by atoms with Gasteiger partial charge >= 0.3 is 30.0 Å². The zero-order valence-corrected chi connectivity index (χ0v) is 66.0. The monoisotopic (exact) mass is 1630 g/mol. The third-order valence-electron chi connectivity index (χ3n) is 18.7. The van der Waals surface area contributed by atoms with Crippen molar-refractivity contribution in [1.82, 2.24) is 45.9 Å². The summed E-state index contributed by atoms with van der Waals surface area (Å²) in [6.07, 6.45) is 10.4. The molecule has 28 nitrogen and oxygen atoms in total. The van der Waals surface area contributed by atoms with Gasteiger partial charge in [-0.15, -0.1) is 0 Å². The summed E-state index contributed by atoms with van der Waals surface area (Å²) in [5, 5.41) is 48.8. The second-order valence-corrected chi connectivity index (χ2v) is 29.1. The first-order valence-electron chi connectivity index (χ1n) is 37.1. The molecule has 596 valence electrons. The van der Waals surface area contributed by atoms with Gasteiger partial charge in [0.15, 0.2) is 0 Å². The standard InChI is InChI=1S/C29H33ClN6O4.C28H31ClN6O4.C25H24Cl2N4O4/c1-36(18-25(37)32-21-9-5-6-10-21)28-23(16-26(38)39)27(30)34-24(35-28)15-19-11-13-22(14-12-19)33-29(40)31-17-20-7-3-2-4-8-20;1-35(17-24(36)30-19-9-5-6-10-19)27-22(16-25(37)38)26(29)33-23(34-27)15-18-11-13-21(14-12-18)32-28(39)31-20-7-3-2-4-8-20;1-35-20-9-6-16(13-19(20)26)25(34)28-17-7-4-15(5-8-17)12-21-29-23(27)18(14-22(32)33)24(30-21)31-10-2-3-11-31/h2-4,7-8,11-14,21H,5-6,9-10,15-18H2,1H3,(H,32,37)(H,38,39)(H2,31,33,40);2-4,7-8,11-14,19H,5-6,9-10,15-17H2,1H3,(H,30,36)(H,37,38)(H2,31,32,39);4-9,13H,2-3,10-12,14H2,1H3,(H,28,34)(H,32,33). The molecule has 0 spiro atoms. The molecule has 1 saturated heterocycles. The number of methoxy groups -OCH3 is 1. The van der Waals surface area contributed by atoms with Gasteiger partial charge in [0.1, 0.15) is 56.1 Å². The van der Waals surface area contributed by atoms with Crippen molar-refractivity contribution < 1.29 is 58.4 Å². The van der Waals surface area contributed by atoms with Gasteiger partial charge in [-0.2, -0.15) is 0 Å². The van der Waals surface area contributed by atoms with Gasteiger partial charge < -0.3 is 72.0 Å². The summed E-state index contributed by atoms with van der Waals surface area (Å²) in [4.78, 5) is 129. The Balaban J connectivity index is 0.000000181. The predicted octanol–water partition coefficient (Wildman–Crippen LogP) is 13.5. The number of nitrogens with one attached hydrogen (secondary N) is 7. The lowest BCUT2D eigenvalue weighted by Crippen LogP contribution is -2.40. The molecule has 1 aliphatic heterocycles. The number of nitrogens with zero attached hydrogens (tertiary/aromatic N) is 9. The number of para-hydroxylation sites is 1. The summed E-state index contributed by atoms with van der Waals surface area (Å²) in [5.74, 6) is -0.706. The number of carbonyl (C=O) groups is 8. The Morgan fingerprint density at radius 2 is 0.851 bits per heavy atom. The number of hydrogen-bond donors (Lipinski definition) is 10. The molecule has 3 fully saturated rings. The van der Waals surface area contributed by atoms with Crippen LogP contribution in [0.1, 0.15) is 131 Å². The van der Waals surface area contributed by atoms with Crippen molar-refractivity contribution in [3.63, 3.8) is 0 Å². The van der Waals surface area contributed by atoms with Crippen LogP contribution in [-0.4, -0.2) is 152 Å². The zero-order chi connectivity index (χ0) is 81.2. The van der Waals surface area contributed by atoms with E-state index in [0.717, 1.165) is 99.6 Å². The van der Waals surface area contributed by atoms with Crippen LogP contribution in [0.4, 0.5) is 49.8 Å². The third-order valence-corrected chi connectivity index (χ3v) is 20.0. The highest BCUT2D eigenvalue weighted by molar-refractivity contribution is 6.33. The average Bonchev–Trinajstić information content (AvgIpc) is 1.32. The van der Waals surface area contributed by atoms with Crippen LogP contribution in [0.5, 0.6) is 5.75 Å². The number of carboxylic acid groups (broad SMARTS) is 3. The van der Waals surface area contributed by atoms with Crippen molar-refractivity contribution in [2.24, 2.45) is 0 Å². The maximum absolute atomic E-state index is 12.6. The fraction of sp³-hybridized carbons (Fsp3) is 0.317. The van der Waals surface area contributed by atoms with E-state index < -0.39 is 17.9 Å². The summed E-state index contributed by atoms with van der Waals surface area (Å²) in [7, 11) is 4.88. The van der Waals surface area contributed by atoms with Crippen LogP contribution in [-0.2, 0) is 69.0 Å². The van der Waals surface area contributed by atoms with E-state index in [1.165, 1.54) is 7.11 Å². The maximum atomic E-state index is 12.6. The Morgan fingerprint density at radius 3 is 1.28 bits per heavy atom. The summed E-state index contributed by atoms with van der Waals surface area (Å²) < 4.78 is 5.12. The van der Waals surface area contributed by atoms with E-state index >= 15 is 0 Å². The number of anilines is 7. The van der Waals surface area contributed by atoms with E-state index in [2.05, 4.69) is 72.0 Å². The zero-order valence-electron chi connectivity index (χ0n) is 63.0. The van der Waals surface area contributed by atoms with E-state index in [1.807, 2.05) is 84.9 Å². The van der Waals surface area contributed by atoms with E-state index in [9.17, 15) is 53.7 Å². The van der Waals surface area contributed by atoms with Gasteiger partial charge in [-0.1, -0.05) is 157 Å². The van der Waals surface area contributed by atoms with Gasteiger partial charge in [-0.3, -0.25) is 28.8 Å². The molecular weight excluding hydrogens is 1540 g/mol. The fourth-order valence-electron chi connectivity index (χ4n) is 13.1. The molecule has 3 aromatic heterocycles. The van der Waals surface area contributed by atoms with Crippen LogP contribution in [0.15, 0.2) is 152 Å². The molecule has 12 rings (SSSR count). The molecular formula is C82H88Cl4N16O12. The molecule has 3 aliphatic rings. The fourth-order valence-corrected chi connectivity index (χ4v) is 14.1. The molecule has 9 aromatic rings. The number of carboxylic acids is 3. The Morgan fingerprint density at radius 1 is 0.456 bits per heavy atom. The molecule has 0 radical (unpaired) electrons. The van der Waals surface area contributed by atoms with Crippen molar-refractivity contribution in [2.45, 2.75) is 121 Å². The number of benzene rings is 6. The highest BCUT2D eigenvalue weighted by Gasteiger charge is 2.28. The van der Waals surface area contributed by atoms with Crippen molar-refractivity contribution >= 4 is 134 Å². The molecule has 114 heavy (non-hydrogen) atoms. The number of carbonyl (C=O) groups excluding carboxylic acids is 5. The molecule has 0 unspecified atom stereocenters. The highest BCUT2D eigenvalue weighted by Crippen LogP contribution is 2.32. The van der Waals surface area contributed by atoms with Crippen LogP contribution in [0.25, 0.3) is 0 Å². The lowest BCUT2D eigenvalue weighted by Gasteiger charge is -2.22. The molecule has 0 atom stereocenters. The van der Waals surface area contributed by atoms with Gasteiger partial charge in [-0.05, 0) is 128 Å². The van der Waals surface area contributed by atoms with E-state index in [1.54, 1.807) is 90.6 Å². The van der Waals surface area contributed by atoms with Gasteiger partial charge in [0.05, 0.1) is 44.5 Å². The van der Waals surface area contributed by atoms with E-state index in [-0.39, 0.29) is 101 Å². The Kier molecular flexibility index (Phi) is 31.0. The van der Waals surface area contributed by atoms with E-state index in [4.69, 9.17) is 51.1 Å². The molecule has 7 amide bonds. The molecule has 10 N–H and O–H groups in total. The number of aliphatic carboxylic acids is 3. The number of rotatable bonds is 29. The predicted molar refractivity (Wildman–Crippen MR) is 439 cm³/mol. The van der Waals surface area contributed by atoms with Crippen LogP contribution in [0, 0.1) is 0 Å². The maximum Gasteiger partial charge on any atom is 0.323 e. The van der Waals surface area contributed by atoms with Crippen molar-refractivity contribution in [1.29, 1.82) is 0 Å². The minimum atomic E-state index is -1.07. The van der Waals surface area contributed by atoms with Gasteiger partial charge in [0.2, 0.25) is 11.8 Å². The van der Waals surface area contributed by atoms with Gasteiger partial charge in [0, 0.05) is 110 Å². The van der Waals surface area contributed by atoms with Crippen molar-refractivity contribution in [3.05, 3.63) is 234 Å². The minimum Gasteiger partial charge on any atom is -0.495 e. The number of likely N-dealkylation sites (N-methyl/N-ethyl adjacent to an activating group) is 2. The van der Waals surface area contributed by atoms with E-state index in [0.29, 0.717) is 105 Å². The molecule has 0 bridgehead atoms. The second kappa shape index (κ2) is 41.7. The molecule has 4 heterocycles. The Labute approximate surface area is 679 Å². The number of ether oxygens (including phenoxy) is 1. The normalized spacial score (nSPS) is 13.1. The third kappa shape index (κ3) is 25.9. The largest absolute Gasteiger partial charge is 0.495 e. The molecule has 6 aromatic carbocycles. The number of halogens is 4. The summed E-state index contributed by atoms with van der Waals surface area (Å²) in [5.41, 5.74) is 7.57. The van der Waals surface area contributed by atoms with Crippen molar-refractivity contribution in [3.8, 4) is 5.75 Å².